The predicted molar refractivity (Wildman–Crippen MR) is 111 cm³/mol. The quantitative estimate of drug-likeness (QED) is 0.125. The van der Waals surface area contributed by atoms with Crippen molar-refractivity contribution in [2.45, 2.75) is 75.7 Å². The Labute approximate surface area is 185 Å². The molecule has 1 rings (SSSR count). The highest BCUT2D eigenvalue weighted by molar-refractivity contribution is 5.95. The van der Waals surface area contributed by atoms with Gasteiger partial charge in [0.05, 0.1) is 18.6 Å². The Morgan fingerprint density at radius 2 is 1.72 bits per heavy atom. The maximum atomic E-state index is 12.8. The van der Waals surface area contributed by atoms with Crippen LogP contribution in [0.3, 0.4) is 0 Å². The van der Waals surface area contributed by atoms with Crippen molar-refractivity contribution in [3.63, 3.8) is 0 Å². The van der Waals surface area contributed by atoms with Gasteiger partial charge in [0, 0.05) is 0 Å². The Morgan fingerprint density at radius 3 is 2.22 bits per heavy atom. The van der Waals surface area contributed by atoms with Crippen LogP contribution < -0.4 is 27.0 Å². The van der Waals surface area contributed by atoms with Crippen LogP contribution in [0.2, 0.25) is 0 Å². The van der Waals surface area contributed by atoms with Crippen LogP contribution in [-0.4, -0.2) is 88.3 Å². The fourth-order valence-electron chi connectivity index (χ4n) is 3.24. The lowest BCUT2D eigenvalue weighted by atomic mass is 10.1. The molecule has 5 atom stereocenters. The zero-order valence-corrected chi connectivity index (χ0v) is 18.0. The molecule has 3 amide bonds. The normalized spacial score (nSPS) is 19.3. The molecule has 1 saturated heterocycles. The molecule has 182 valence electrons. The Balaban J connectivity index is 2.87. The number of hydrogen-bond acceptors (Lipinski definition) is 8. The van der Waals surface area contributed by atoms with Gasteiger partial charge in [0.25, 0.3) is 0 Å². The van der Waals surface area contributed by atoms with E-state index in [-0.39, 0.29) is 12.3 Å². The fraction of sp³-hybridized carbons (Fsp3) is 0.737. The number of aliphatic carboxylic acids is 2. The van der Waals surface area contributed by atoms with Gasteiger partial charge in [-0.1, -0.05) is 0 Å². The monoisotopic (exact) mass is 459 g/mol. The van der Waals surface area contributed by atoms with Gasteiger partial charge in [-0.2, -0.15) is 0 Å². The average molecular weight is 460 g/mol. The van der Waals surface area contributed by atoms with Gasteiger partial charge in [0.15, 0.2) is 0 Å². The number of carboxylic acid groups (broad SMARTS) is 2. The molecular formula is C19H33N5O8. The van der Waals surface area contributed by atoms with Gasteiger partial charge in [-0.3, -0.25) is 19.2 Å². The first kappa shape index (κ1) is 27.3. The van der Waals surface area contributed by atoms with Crippen molar-refractivity contribution in [2.24, 2.45) is 5.73 Å². The smallest absolute Gasteiger partial charge is 0.326 e. The number of carbonyl (C=O) groups is 5. The highest BCUT2D eigenvalue weighted by Gasteiger charge is 2.33. The topological polar surface area (TPSA) is 220 Å². The molecule has 0 aliphatic carbocycles. The molecule has 0 aromatic rings. The standard InChI is InChI=1S/C19H33N5O8/c1-10(25)15(18(30)23-13(19(31)32)9-14(26)27)24-17(29)12(5-2-3-7-20)22-16(28)11-6-4-8-21-11/h10-13,15,21,25H,2-9,20H2,1H3,(H,22,28)(H,23,30)(H,24,29)(H,26,27)(H,31,32). The summed E-state index contributed by atoms with van der Waals surface area (Å²) in [4.78, 5) is 59.8. The predicted octanol–water partition coefficient (Wildman–Crippen LogP) is -2.74. The third kappa shape index (κ3) is 9.16. The number of hydrogen-bond donors (Lipinski definition) is 8. The highest BCUT2D eigenvalue weighted by atomic mass is 16.4. The summed E-state index contributed by atoms with van der Waals surface area (Å²) in [6, 6.07) is -4.73. The molecule has 32 heavy (non-hydrogen) atoms. The summed E-state index contributed by atoms with van der Waals surface area (Å²) in [7, 11) is 0. The van der Waals surface area contributed by atoms with E-state index in [0.717, 1.165) is 6.42 Å². The third-order valence-corrected chi connectivity index (χ3v) is 5.01. The van der Waals surface area contributed by atoms with Crippen molar-refractivity contribution in [2.75, 3.05) is 13.1 Å². The van der Waals surface area contributed by atoms with Gasteiger partial charge in [-0.05, 0) is 52.1 Å². The van der Waals surface area contributed by atoms with Crippen molar-refractivity contribution in [1.82, 2.24) is 21.3 Å². The van der Waals surface area contributed by atoms with Crippen LogP contribution in [-0.2, 0) is 24.0 Å². The number of carboxylic acids is 2. The molecule has 1 aliphatic heterocycles. The number of aliphatic hydroxyl groups is 1. The number of rotatable bonds is 14. The second kappa shape index (κ2) is 13.6. The van der Waals surface area contributed by atoms with E-state index in [1.165, 1.54) is 6.92 Å². The molecule has 0 saturated carbocycles. The minimum Gasteiger partial charge on any atom is -0.481 e. The second-order valence-electron chi connectivity index (χ2n) is 7.72. The van der Waals surface area contributed by atoms with Gasteiger partial charge in [0.1, 0.15) is 18.1 Å². The Hall–Kier alpha value is -2.77. The van der Waals surface area contributed by atoms with E-state index in [2.05, 4.69) is 16.0 Å². The molecule has 1 heterocycles. The molecule has 0 aromatic heterocycles. The number of amides is 3. The van der Waals surface area contributed by atoms with E-state index in [1.807, 2.05) is 5.32 Å². The van der Waals surface area contributed by atoms with Crippen LogP contribution in [0.15, 0.2) is 0 Å². The summed E-state index contributed by atoms with van der Waals surface area (Å²) in [6.45, 7) is 2.29. The summed E-state index contributed by atoms with van der Waals surface area (Å²) in [5.41, 5.74) is 5.48. The van der Waals surface area contributed by atoms with Gasteiger partial charge in [-0.25, -0.2) is 4.79 Å². The molecule has 0 aromatic carbocycles. The Kier molecular flexibility index (Phi) is 11.6. The summed E-state index contributed by atoms with van der Waals surface area (Å²) in [5, 5.41) is 37.9. The van der Waals surface area contributed by atoms with E-state index >= 15 is 0 Å². The number of carbonyl (C=O) groups excluding carboxylic acids is 3. The maximum absolute atomic E-state index is 12.8. The zero-order chi connectivity index (χ0) is 24.3. The van der Waals surface area contributed by atoms with Crippen LogP contribution in [0, 0.1) is 0 Å². The molecule has 9 N–H and O–H groups in total. The molecule has 13 heteroatoms. The maximum Gasteiger partial charge on any atom is 0.326 e. The van der Waals surface area contributed by atoms with Crippen LogP contribution in [0.1, 0.15) is 45.4 Å². The first-order chi connectivity index (χ1) is 15.1. The van der Waals surface area contributed by atoms with E-state index in [1.54, 1.807) is 0 Å². The van der Waals surface area contributed by atoms with Gasteiger partial charge in [0.2, 0.25) is 17.7 Å². The number of nitrogens with two attached hydrogens (primary N) is 1. The van der Waals surface area contributed by atoms with Crippen molar-refractivity contribution < 1.29 is 39.3 Å². The first-order valence-corrected chi connectivity index (χ1v) is 10.5. The van der Waals surface area contributed by atoms with Crippen molar-refractivity contribution in [3.05, 3.63) is 0 Å². The summed E-state index contributed by atoms with van der Waals surface area (Å²) in [5.74, 6) is -5.18. The van der Waals surface area contributed by atoms with Crippen molar-refractivity contribution >= 4 is 29.7 Å². The summed E-state index contributed by atoms with van der Waals surface area (Å²) >= 11 is 0. The van der Waals surface area contributed by atoms with E-state index in [4.69, 9.17) is 15.9 Å². The molecule has 13 nitrogen and oxygen atoms in total. The SMILES string of the molecule is CC(O)C(NC(=O)C(CCCCN)NC(=O)C1CCCN1)C(=O)NC(CC(=O)O)C(=O)O. The minimum atomic E-state index is -1.74. The molecular weight excluding hydrogens is 426 g/mol. The third-order valence-electron chi connectivity index (χ3n) is 5.01. The number of aliphatic hydroxyl groups excluding tert-OH is 1. The lowest BCUT2D eigenvalue weighted by Gasteiger charge is -2.26. The molecule has 1 aliphatic rings. The van der Waals surface area contributed by atoms with Crippen LogP contribution >= 0.6 is 0 Å². The Bertz CT molecular complexity index is 681. The lowest BCUT2D eigenvalue weighted by Crippen LogP contribution is -2.59. The van der Waals surface area contributed by atoms with Crippen molar-refractivity contribution in [1.29, 1.82) is 0 Å². The number of nitrogens with one attached hydrogen (secondary N) is 4. The van der Waals surface area contributed by atoms with E-state index < -0.39 is 60.4 Å². The average Bonchev–Trinajstić information content (AvgIpc) is 3.24. The lowest BCUT2D eigenvalue weighted by molar-refractivity contribution is -0.148. The molecule has 5 unspecified atom stereocenters. The summed E-state index contributed by atoms with van der Waals surface area (Å²) < 4.78 is 0. The molecule has 0 spiro atoms. The minimum absolute atomic E-state index is 0.242. The van der Waals surface area contributed by atoms with Crippen molar-refractivity contribution in [3.8, 4) is 0 Å². The largest absolute Gasteiger partial charge is 0.481 e. The Morgan fingerprint density at radius 1 is 1.03 bits per heavy atom. The molecule has 1 fully saturated rings. The van der Waals surface area contributed by atoms with Gasteiger partial charge >= 0.3 is 11.9 Å². The van der Waals surface area contributed by atoms with E-state index in [9.17, 15) is 29.1 Å². The molecule has 0 bridgehead atoms. The zero-order valence-electron chi connectivity index (χ0n) is 18.0. The highest BCUT2D eigenvalue weighted by Crippen LogP contribution is 2.08. The molecule has 0 radical (unpaired) electrons. The first-order valence-electron chi connectivity index (χ1n) is 10.5. The van der Waals surface area contributed by atoms with Crippen LogP contribution in [0.25, 0.3) is 0 Å². The summed E-state index contributed by atoms with van der Waals surface area (Å²) in [6.07, 6.45) is 0.528. The van der Waals surface area contributed by atoms with E-state index in [0.29, 0.717) is 32.4 Å². The van der Waals surface area contributed by atoms with Crippen LogP contribution in [0.4, 0.5) is 0 Å². The van der Waals surface area contributed by atoms with Gasteiger partial charge < -0.3 is 42.3 Å². The fourth-order valence-corrected chi connectivity index (χ4v) is 3.24. The number of unbranched alkanes of at least 4 members (excludes halogenated alkanes) is 1. The second-order valence-corrected chi connectivity index (χ2v) is 7.72. The van der Waals surface area contributed by atoms with Crippen LogP contribution in [0.5, 0.6) is 0 Å². The van der Waals surface area contributed by atoms with Gasteiger partial charge in [-0.15, -0.1) is 0 Å².